The van der Waals surface area contributed by atoms with Gasteiger partial charge >= 0.3 is 0 Å². The van der Waals surface area contributed by atoms with Gasteiger partial charge in [-0.2, -0.15) is 5.10 Å². The Kier molecular flexibility index (Phi) is 5.63. The van der Waals surface area contributed by atoms with Gasteiger partial charge in [0.05, 0.1) is 6.21 Å². The van der Waals surface area contributed by atoms with Gasteiger partial charge in [0.15, 0.2) is 0 Å². The first-order chi connectivity index (χ1) is 11.1. The number of rotatable bonds is 5. The molecule has 2 aromatic carbocycles. The van der Waals surface area contributed by atoms with E-state index in [1.165, 1.54) is 5.56 Å². The van der Waals surface area contributed by atoms with Crippen LogP contribution in [-0.2, 0) is 4.79 Å². The molecule has 0 aromatic heterocycles. The van der Waals surface area contributed by atoms with Crippen LogP contribution in [0.15, 0.2) is 53.6 Å². The molecular weight excluding hydrogens is 290 g/mol. The van der Waals surface area contributed by atoms with Crippen molar-refractivity contribution in [3.05, 3.63) is 65.2 Å². The fraction of sp³-hybridized carbons (Fsp3) is 0.167. The van der Waals surface area contributed by atoms with Crippen molar-refractivity contribution in [2.24, 2.45) is 5.10 Å². The molecule has 0 saturated heterocycles. The van der Waals surface area contributed by atoms with Crippen molar-refractivity contribution < 1.29 is 9.59 Å². The summed E-state index contributed by atoms with van der Waals surface area (Å²) in [5.74, 6) is -0.369. The Morgan fingerprint density at radius 2 is 1.70 bits per heavy atom. The third-order valence-electron chi connectivity index (χ3n) is 3.21. The van der Waals surface area contributed by atoms with Gasteiger partial charge in [0.1, 0.15) is 0 Å². The van der Waals surface area contributed by atoms with Gasteiger partial charge in [-0.1, -0.05) is 36.8 Å². The van der Waals surface area contributed by atoms with E-state index in [4.69, 9.17) is 0 Å². The van der Waals surface area contributed by atoms with Crippen molar-refractivity contribution in [2.45, 2.75) is 20.3 Å². The maximum absolute atomic E-state index is 12.0. The lowest BCUT2D eigenvalue weighted by molar-refractivity contribution is -0.115. The minimum atomic E-state index is -0.304. The van der Waals surface area contributed by atoms with Crippen LogP contribution in [0.5, 0.6) is 0 Å². The number of nitrogens with zero attached hydrogens (tertiary/aromatic N) is 1. The van der Waals surface area contributed by atoms with Crippen molar-refractivity contribution in [3.63, 3.8) is 0 Å². The van der Waals surface area contributed by atoms with E-state index >= 15 is 0 Å². The van der Waals surface area contributed by atoms with E-state index in [1.54, 1.807) is 37.4 Å². The summed E-state index contributed by atoms with van der Waals surface area (Å²) in [6.45, 7) is 3.79. The zero-order valence-corrected chi connectivity index (χ0v) is 13.2. The van der Waals surface area contributed by atoms with Crippen LogP contribution in [0.3, 0.4) is 0 Å². The fourth-order valence-corrected chi connectivity index (χ4v) is 1.84. The van der Waals surface area contributed by atoms with Crippen LogP contribution in [0.1, 0.15) is 34.8 Å². The van der Waals surface area contributed by atoms with Gasteiger partial charge in [-0.05, 0) is 36.8 Å². The molecular formula is C18H19N3O2. The molecule has 23 heavy (non-hydrogen) atoms. The zero-order valence-electron chi connectivity index (χ0n) is 13.2. The molecule has 0 heterocycles. The summed E-state index contributed by atoms with van der Waals surface area (Å²) in [5.41, 5.74) is 5.69. The Bertz CT molecular complexity index is 704. The van der Waals surface area contributed by atoms with Gasteiger partial charge in [0.25, 0.3) is 5.91 Å². The first-order valence-corrected chi connectivity index (χ1v) is 7.38. The lowest BCUT2D eigenvalue weighted by Gasteiger charge is -2.04. The van der Waals surface area contributed by atoms with Crippen LogP contribution < -0.4 is 10.7 Å². The maximum atomic E-state index is 12.0. The van der Waals surface area contributed by atoms with Crippen LogP contribution in [-0.4, -0.2) is 18.0 Å². The summed E-state index contributed by atoms with van der Waals surface area (Å²) in [5, 5.41) is 6.66. The Morgan fingerprint density at radius 3 is 2.30 bits per heavy atom. The van der Waals surface area contributed by atoms with Crippen LogP contribution in [0.2, 0.25) is 0 Å². The van der Waals surface area contributed by atoms with Crippen LogP contribution in [0.4, 0.5) is 5.69 Å². The molecule has 0 saturated carbocycles. The summed E-state index contributed by atoms with van der Waals surface area (Å²) in [6, 6.07) is 14.5. The highest BCUT2D eigenvalue weighted by Gasteiger charge is 2.05. The third kappa shape index (κ3) is 5.07. The summed E-state index contributed by atoms with van der Waals surface area (Å²) >= 11 is 0. The number of amides is 2. The Morgan fingerprint density at radius 1 is 1.04 bits per heavy atom. The van der Waals surface area contributed by atoms with Gasteiger partial charge in [-0.3, -0.25) is 9.59 Å². The average Bonchev–Trinajstić information content (AvgIpc) is 2.57. The Labute approximate surface area is 135 Å². The highest BCUT2D eigenvalue weighted by Crippen LogP contribution is 2.10. The first kappa shape index (κ1) is 16.4. The second-order valence-corrected chi connectivity index (χ2v) is 5.09. The van der Waals surface area contributed by atoms with Gasteiger partial charge in [-0.25, -0.2) is 5.43 Å². The predicted molar refractivity (Wildman–Crippen MR) is 91.6 cm³/mol. The number of aryl methyl sites for hydroxylation is 1. The van der Waals surface area contributed by atoms with Gasteiger partial charge in [0, 0.05) is 17.7 Å². The molecule has 0 fully saturated rings. The van der Waals surface area contributed by atoms with Crippen molar-refractivity contribution in [3.8, 4) is 0 Å². The molecule has 2 N–H and O–H groups in total. The molecule has 5 nitrogen and oxygen atoms in total. The van der Waals surface area contributed by atoms with Crippen molar-refractivity contribution >= 4 is 23.7 Å². The minimum absolute atomic E-state index is 0.0649. The van der Waals surface area contributed by atoms with E-state index in [1.807, 2.05) is 31.2 Å². The number of carbonyl (C=O) groups is 2. The molecule has 0 radical (unpaired) electrons. The highest BCUT2D eigenvalue weighted by molar-refractivity contribution is 5.96. The van der Waals surface area contributed by atoms with E-state index in [0.717, 1.165) is 5.56 Å². The maximum Gasteiger partial charge on any atom is 0.271 e. The fourth-order valence-electron chi connectivity index (χ4n) is 1.84. The molecule has 0 spiro atoms. The van der Waals surface area contributed by atoms with Crippen LogP contribution >= 0.6 is 0 Å². The topological polar surface area (TPSA) is 70.6 Å². The molecule has 2 rings (SSSR count). The van der Waals surface area contributed by atoms with E-state index in [2.05, 4.69) is 15.8 Å². The number of hydrazone groups is 1. The highest BCUT2D eigenvalue weighted by atomic mass is 16.2. The number of nitrogens with one attached hydrogen (secondary N) is 2. The monoisotopic (exact) mass is 309 g/mol. The molecule has 118 valence electrons. The van der Waals surface area contributed by atoms with E-state index in [0.29, 0.717) is 17.7 Å². The zero-order chi connectivity index (χ0) is 16.7. The van der Waals surface area contributed by atoms with E-state index < -0.39 is 0 Å². The summed E-state index contributed by atoms with van der Waals surface area (Å²) in [6.07, 6.45) is 2.00. The lowest BCUT2D eigenvalue weighted by atomic mass is 10.2. The first-order valence-electron chi connectivity index (χ1n) is 7.38. The van der Waals surface area contributed by atoms with E-state index in [-0.39, 0.29) is 11.8 Å². The minimum Gasteiger partial charge on any atom is -0.326 e. The molecule has 5 heteroatoms. The van der Waals surface area contributed by atoms with Gasteiger partial charge in [0.2, 0.25) is 5.91 Å². The number of hydrogen-bond donors (Lipinski definition) is 2. The SMILES string of the molecule is CCC(=O)Nc1ccc(C(=O)N/N=C/c2ccc(C)cc2)cc1. The summed E-state index contributed by atoms with van der Waals surface area (Å²) < 4.78 is 0. The molecule has 0 bridgehead atoms. The van der Waals surface area contributed by atoms with Crippen LogP contribution in [0, 0.1) is 6.92 Å². The van der Waals surface area contributed by atoms with Gasteiger partial charge < -0.3 is 5.32 Å². The van der Waals surface area contributed by atoms with Crippen molar-refractivity contribution in [1.82, 2.24) is 5.43 Å². The number of anilines is 1. The van der Waals surface area contributed by atoms with Gasteiger partial charge in [-0.15, -0.1) is 0 Å². The average molecular weight is 309 g/mol. The molecule has 0 aliphatic rings. The van der Waals surface area contributed by atoms with Crippen LogP contribution in [0.25, 0.3) is 0 Å². The van der Waals surface area contributed by atoms with E-state index in [9.17, 15) is 9.59 Å². The second kappa shape index (κ2) is 7.89. The molecule has 0 atom stereocenters. The largest absolute Gasteiger partial charge is 0.326 e. The normalized spacial score (nSPS) is 10.5. The quantitative estimate of drug-likeness (QED) is 0.658. The lowest BCUT2D eigenvalue weighted by Crippen LogP contribution is -2.17. The molecule has 0 aliphatic carbocycles. The third-order valence-corrected chi connectivity index (χ3v) is 3.21. The smallest absolute Gasteiger partial charge is 0.271 e. The number of carbonyl (C=O) groups excluding carboxylic acids is 2. The Hall–Kier alpha value is -2.95. The molecule has 0 aliphatic heterocycles. The number of hydrogen-bond acceptors (Lipinski definition) is 3. The summed E-state index contributed by atoms with van der Waals surface area (Å²) in [4.78, 5) is 23.3. The molecule has 0 unspecified atom stereocenters. The molecule has 2 amide bonds. The summed E-state index contributed by atoms with van der Waals surface area (Å²) in [7, 11) is 0. The predicted octanol–water partition coefficient (Wildman–Crippen LogP) is 3.11. The van der Waals surface area contributed by atoms with Crippen molar-refractivity contribution in [2.75, 3.05) is 5.32 Å². The number of benzene rings is 2. The Balaban J connectivity index is 1.92. The molecule has 2 aromatic rings. The second-order valence-electron chi connectivity index (χ2n) is 5.09. The van der Waals surface area contributed by atoms with Crippen molar-refractivity contribution in [1.29, 1.82) is 0 Å². The standard InChI is InChI=1S/C18H19N3O2/c1-3-17(22)20-16-10-8-15(9-11-16)18(23)21-19-12-14-6-4-13(2)5-7-14/h4-12H,3H2,1-2H3,(H,20,22)(H,21,23)/b19-12+.